The van der Waals surface area contributed by atoms with Gasteiger partial charge in [-0.3, -0.25) is 14.2 Å². The third-order valence-electron chi connectivity index (χ3n) is 5.73. The maximum absolute atomic E-state index is 13.5. The Morgan fingerprint density at radius 3 is 2.34 bits per heavy atom. The topological polar surface area (TPSA) is 66.1 Å². The van der Waals surface area contributed by atoms with Crippen molar-refractivity contribution >= 4 is 28.9 Å². The van der Waals surface area contributed by atoms with Gasteiger partial charge < -0.3 is 4.90 Å². The van der Waals surface area contributed by atoms with E-state index < -0.39 is 0 Å². The van der Waals surface area contributed by atoms with Crippen LogP contribution in [0, 0.1) is 18.3 Å². The number of carbonyl (C=O) groups is 1. The molecule has 4 rings (SSSR count). The Balaban J connectivity index is 1.98. The van der Waals surface area contributed by atoms with Crippen molar-refractivity contribution in [2.75, 3.05) is 13.1 Å². The van der Waals surface area contributed by atoms with E-state index in [0.29, 0.717) is 28.0 Å². The number of carbonyl (C=O) groups excluding carboxylic acids is 1. The molecule has 32 heavy (non-hydrogen) atoms. The van der Waals surface area contributed by atoms with E-state index in [9.17, 15) is 14.9 Å². The van der Waals surface area contributed by atoms with Gasteiger partial charge in [0.2, 0.25) is 0 Å². The number of likely N-dealkylation sites (tertiary alicyclic amines) is 1. The lowest BCUT2D eigenvalue weighted by molar-refractivity contribution is -0.123. The molecule has 0 N–H and O–H groups in total. The van der Waals surface area contributed by atoms with Crippen LogP contribution in [0.2, 0.25) is 0 Å². The van der Waals surface area contributed by atoms with Gasteiger partial charge in [-0.05, 0) is 55.5 Å². The van der Waals surface area contributed by atoms with Crippen LogP contribution in [0.3, 0.4) is 0 Å². The summed E-state index contributed by atoms with van der Waals surface area (Å²) in [7, 11) is 0. The smallest absolute Gasteiger partial charge is 0.273 e. The molecular formula is C26H25N3O2S. The Kier molecular flexibility index (Phi) is 6.38. The minimum Gasteiger partial charge on any atom is -0.338 e. The SMILES string of the molecule is CCc1ccc(-n2c(=O)/c(=C\c3ccc(C)cc3)s/c2=C(/C#N)C(=O)N2CCCC2)cc1. The molecule has 0 saturated carbocycles. The number of amides is 1. The Morgan fingerprint density at radius 1 is 1.09 bits per heavy atom. The van der Waals surface area contributed by atoms with Crippen molar-refractivity contribution < 1.29 is 4.79 Å². The number of hydrogen-bond acceptors (Lipinski definition) is 4. The molecule has 3 aromatic rings. The number of nitriles is 1. The van der Waals surface area contributed by atoms with Crippen LogP contribution in [0.4, 0.5) is 0 Å². The monoisotopic (exact) mass is 443 g/mol. The van der Waals surface area contributed by atoms with Crippen LogP contribution in [0.25, 0.3) is 17.3 Å². The molecule has 0 bridgehead atoms. The largest absolute Gasteiger partial charge is 0.338 e. The zero-order chi connectivity index (χ0) is 22.7. The number of rotatable bonds is 4. The molecule has 1 aliphatic heterocycles. The highest BCUT2D eigenvalue weighted by atomic mass is 32.1. The van der Waals surface area contributed by atoms with Gasteiger partial charge in [-0.25, -0.2) is 0 Å². The molecule has 162 valence electrons. The molecule has 0 radical (unpaired) electrons. The number of aromatic nitrogens is 1. The lowest BCUT2D eigenvalue weighted by Crippen LogP contribution is -2.35. The first-order valence-corrected chi connectivity index (χ1v) is 11.7. The van der Waals surface area contributed by atoms with Crippen molar-refractivity contribution in [3.8, 4) is 11.8 Å². The maximum Gasteiger partial charge on any atom is 0.273 e. The summed E-state index contributed by atoms with van der Waals surface area (Å²) in [6.45, 7) is 5.38. The van der Waals surface area contributed by atoms with Gasteiger partial charge in [-0.1, -0.05) is 48.9 Å². The summed E-state index contributed by atoms with van der Waals surface area (Å²) in [4.78, 5) is 28.3. The van der Waals surface area contributed by atoms with Crippen molar-refractivity contribution in [3.63, 3.8) is 0 Å². The van der Waals surface area contributed by atoms with Crippen molar-refractivity contribution in [2.45, 2.75) is 33.1 Å². The fourth-order valence-corrected chi connectivity index (χ4v) is 4.94. The number of nitrogens with zero attached hydrogens (tertiary/aromatic N) is 3. The van der Waals surface area contributed by atoms with Crippen LogP contribution in [-0.4, -0.2) is 28.5 Å². The van der Waals surface area contributed by atoms with Crippen LogP contribution in [0.15, 0.2) is 53.3 Å². The number of thiazole rings is 1. The first-order chi connectivity index (χ1) is 15.5. The number of hydrogen-bond donors (Lipinski definition) is 0. The predicted molar refractivity (Wildman–Crippen MR) is 128 cm³/mol. The van der Waals surface area contributed by atoms with E-state index in [1.54, 1.807) is 4.90 Å². The van der Waals surface area contributed by atoms with E-state index >= 15 is 0 Å². The van der Waals surface area contributed by atoms with Gasteiger partial charge in [-0.15, -0.1) is 11.3 Å². The third kappa shape index (κ3) is 4.30. The van der Waals surface area contributed by atoms with Crippen LogP contribution in [0.5, 0.6) is 0 Å². The van der Waals surface area contributed by atoms with E-state index in [2.05, 4.69) is 13.0 Å². The summed E-state index contributed by atoms with van der Waals surface area (Å²) in [6.07, 6.45) is 4.59. The molecule has 1 aliphatic rings. The molecular weight excluding hydrogens is 418 g/mol. The van der Waals surface area contributed by atoms with E-state index in [-0.39, 0.29) is 17.0 Å². The molecule has 1 saturated heterocycles. The van der Waals surface area contributed by atoms with Crippen LogP contribution < -0.4 is 14.8 Å². The molecule has 0 unspecified atom stereocenters. The first-order valence-electron chi connectivity index (χ1n) is 10.8. The fraction of sp³-hybridized carbons (Fsp3) is 0.269. The van der Waals surface area contributed by atoms with Crippen molar-refractivity contribution in [3.05, 3.63) is 84.8 Å². The van der Waals surface area contributed by atoms with Gasteiger partial charge >= 0.3 is 0 Å². The number of benzene rings is 2. The lowest BCUT2D eigenvalue weighted by Gasteiger charge is -2.14. The second kappa shape index (κ2) is 9.37. The average Bonchev–Trinajstić information content (AvgIpc) is 3.45. The highest BCUT2D eigenvalue weighted by Crippen LogP contribution is 2.13. The van der Waals surface area contributed by atoms with Gasteiger partial charge in [0.15, 0.2) is 5.57 Å². The second-order valence-electron chi connectivity index (χ2n) is 7.97. The Bertz CT molecular complexity index is 1350. The van der Waals surface area contributed by atoms with Gasteiger partial charge in [0.05, 0.1) is 10.2 Å². The van der Waals surface area contributed by atoms with E-state index in [1.165, 1.54) is 15.9 Å². The normalized spacial score (nSPS) is 15.0. The molecule has 1 amide bonds. The molecule has 6 heteroatoms. The molecule has 5 nitrogen and oxygen atoms in total. The summed E-state index contributed by atoms with van der Waals surface area (Å²) >= 11 is 1.20. The second-order valence-corrected chi connectivity index (χ2v) is 9.00. The van der Waals surface area contributed by atoms with E-state index in [0.717, 1.165) is 36.0 Å². The Labute approximate surface area is 191 Å². The standard InChI is InChI=1S/C26H25N3O2S/c1-3-19-10-12-21(13-11-19)29-25(31)23(16-20-8-6-18(2)7-9-20)32-26(29)22(17-27)24(30)28-14-4-5-15-28/h6-13,16H,3-5,14-15H2,1-2H3/b23-16+,26-22-. The minimum absolute atomic E-state index is 0.0251. The highest BCUT2D eigenvalue weighted by Gasteiger charge is 2.24. The third-order valence-corrected chi connectivity index (χ3v) is 6.83. The van der Waals surface area contributed by atoms with Crippen LogP contribution in [0.1, 0.15) is 36.5 Å². The summed E-state index contributed by atoms with van der Waals surface area (Å²) < 4.78 is 2.39. The highest BCUT2D eigenvalue weighted by molar-refractivity contribution is 7.07. The van der Waals surface area contributed by atoms with Gasteiger partial charge in [0.25, 0.3) is 11.5 Å². The quantitative estimate of drug-likeness (QED) is 0.623. The Hall–Kier alpha value is -3.43. The van der Waals surface area contributed by atoms with Crippen LogP contribution in [-0.2, 0) is 11.2 Å². The predicted octanol–water partition coefficient (Wildman–Crippen LogP) is 2.90. The van der Waals surface area contributed by atoms with Gasteiger partial charge in [0, 0.05) is 13.1 Å². The maximum atomic E-state index is 13.5. The molecule has 0 spiro atoms. The first kappa shape index (κ1) is 21.8. The van der Waals surface area contributed by atoms with E-state index in [1.807, 2.05) is 61.5 Å². The Morgan fingerprint density at radius 2 is 1.75 bits per heavy atom. The minimum atomic E-state index is -0.299. The zero-order valence-corrected chi connectivity index (χ0v) is 19.1. The molecule has 2 aromatic carbocycles. The number of aryl methyl sites for hydroxylation is 2. The molecule has 2 heterocycles. The molecule has 1 fully saturated rings. The molecule has 1 aromatic heterocycles. The van der Waals surface area contributed by atoms with Gasteiger partial charge in [0.1, 0.15) is 10.7 Å². The van der Waals surface area contributed by atoms with Gasteiger partial charge in [-0.2, -0.15) is 5.26 Å². The van der Waals surface area contributed by atoms with Crippen LogP contribution >= 0.6 is 11.3 Å². The summed E-state index contributed by atoms with van der Waals surface area (Å²) in [5, 5.41) is 9.93. The van der Waals surface area contributed by atoms with Crippen molar-refractivity contribution in [1.29, 1.82) is 5.26 Å². The molecule has 0 aliphatic carbocycles. The average molecular weight is 444 g/mol. The van der Waals surface area contributed by atoms with Crippen molar-refractivity contribution in [2.24, 2.45) is 0 Å². The van der Waals surface area contributed by atoms with E-state index in [4.69, 9.17) is 0 Å². The molecule has 0 atom stereocenters. The summed E-state index contributed by atoms with van der Waals surface area (Å²) in [5.41, 5.74) is 3.65. The summed E-state index contributed by atoms with van der Waals surface area (Å²) in [6, 6.07) is 17.7. The zero-order valence-electron chi connectivity index (χ0n) is 18.3. The fourth-order valence-electron chi connectivity index (χ4n) is 3.84. The summed E-state index contributed by atoms with van der Waals surface area (Å²) in [5.74, 6) is -0.299. The van der Waals surface area contributed by atoms with Crippen molar-refractivity contribution in [1.82, 2.24) is 9.47 Å². The lowest BCUT2D eigenvalue weighted by atomic mass is 10.1.